The molecule has 0 bridgehead atoms. The molecule has 0 radical (unpaired) electrons. The number of nitrogens with two attached hydrogens (primary N) is 1. The average Bonchev–Trinajstić information content (AvgIpc) is 2.76. The first-order valence-electron chi connectivity index (χ1n) is 6.45. The first kappa shape index (κ1) is 12.9. The molecule has 1 heterocycles. The Kier molecular flexibility index (Phi) is 3.84. The lowest BCUT2D eigenvalue weighted by molar-refractivity contribution is 0.0786. The van der Waals surface area contributed by atoms with Gasteiger partial charge in [0.1, 0.15) is 5.82 Å². The van der Waals surface area contributed by atoms with Crippen molar-refractivity contribution in [1.29, 1.82) is 0 Å². The Hall–Kier alpha value is -1.58. The van der Waals surface area contributed by atoms with Gasteiger partial charge in [0.2, 0.25) is 0 Å². The number of hydrogen-bond donors (Lipinski definition) is 1. The van der Waals surface area contributed by atoms with E-state index in [0.717, 1.165) is 32.4 Å². The lowest BCUT2D eigenvalue weighted by Crippen LogP contribution is -2.28. The molecule has 0 aliphatic carbocycles. The third kappa shape index (κ3) is 2.81. The van der Waals surface area contributed by atoms with E-state index in [-0.39, 0.29) is 5.91 Å². The number of carbonyl (C=O) groups is 1. The van der Waals surface area contributed by atoms with Crippen LogP contribution in [0.2, 0.25) is 0 Å². The summed E-state index contributed by atoms with van der Waals surface area (Å²) < 4.78 is 13.2. The normalized spacial score (nSPS) is 19.2. The maximum atomic E-state index is 13.2. The number of amides is 1. The highest BCUT2D eigenvalue weighted by molar-refractivity contribution is 5.95. The smallest absolute Gasteiger partial charge is 0.254 e. The maximum absolute atomic E-state index is 13.2. The van der Waals surface area contributed by atoms with Crippen LogP contribution in [0, 0.1) is 11.7 Å². The molecule has 1 amide bonds. The molecule has 1 unspecified atom stereocenters. The van der Waals surface area contributed by atoms with Crippen LogP contribution in [0.25, 0.3) is 0 Å². The molecule has 1 aromatic carbocycles. The van der Waals surface area contributed by atoms with Crippen LogP contribution in [0.3, 0.4) is 0 Å². The molecule has 18 heavy (non-hydrogen) atoms. The number of benzene rings is 1. The van der Waals surface area contributed by atoms with E-state index in [1.54, 1.807) is 11.0 Å². The van der Waals surface area contributed by atoms with Gasteiger partial charge in [-0.25, -0.2) is 4.39 Å². The second-order valence-corrected chi connectivity index (χ2v) is 4.97. The van der Waals surface area contributed by atoms with Gasteiger partial charge in [-0.3, -0.25) is 4.79 Å². The van der Waals surface area contributed by atoms with E-state index < -0.39 is 5.82 Å². The minimum atomic E-state index is -0.456. The predicted octanol–water partition coefficient (Wildman–Crippen LogP) is 2.67. The zero-order valence-corrected chi connectivity index (χ0v) is 10.7. The number of anilines is 1. The molecule has 4 heteroatoms. The van der Waals surface area contributed by atoms with Crippen LogP contribution in [0.1, 0.15) is 36.5 Å². The first-order chi connectivity index (χ1) is 8.60. The quantitative estimate of drug-likeness (QED) is 0.838. The fraction of sp³-hybridized carbons (Fsp3) is 0.500. The Morgan fingerprint density at radius 2 is 2.28 bits per heavy atom. The lowest BCUT2D eigenvalue weighted by atomic mass is 10.0. The van der Waals surface area contributed by atoms with Gasteiger partial charge in [0.05, 0.1) is 0 Å². The molecule has 1 aliphatic heterocycles. The summed E-state index contributed by atoms with van der Waals surface area (Å²) in [7, 11) is 0. The summed E-state index contributed by atoms with van der Waals surface area (Å²) in [6, 6.07) is 4.02. The van der Waals surface area contributed by atoms with Crippen molar-refractivity contribution >= 4 is 11.6 Å². The second-order valence-electron chi connectivity index (χ2n) is 4.97. The molecule has 98 valence electrons. The molecule has 0 saturated carbocycles. The first-order valence-corrected chi connectivity index (χ1v) is 6.45. The van der Waals surface area contributed by atoms with Gasteiger partial charge in [-0.05, 0) is 37.0 Å². The number of rotatable bonds is 3. The molecular weight excluding hydrogens is 231 g/mol. The zero-order chi connectivity index (χ0) is 13.1. The Morgan fingerprint density at radius 3 is 2.94 bits per heavy atom. The van der Waals surface area contributed by atoms with Crippen LogP contribution in [0.4, 0.5) is 10.1 Å². The molecule has 1 fully saturated rings. The van der Waals surface area contributed by atoms with E-state index in [0.29, 0.717) is 17.2 Å². The number of nitrogens with zero attached hydrogens (tertiary/aromatic N) is 1. The van der Waals surface area contributed by atoms with Crippen LogP contribution in [0.5, 0.6) is 0 Å². The van der Waals surface area contributed by atoms with Gasteiger partial charge in [-0.15, -0.1) is 0 Å². The molecule has 1 atom stereocenters. The average molecular weight is 250 g/mol. The van der Waals surface area contributed by atoms with Gasteiger partial charge in [0.25, 0.3) is 5.91 Å². The molecule has 1 saturated heterocycles. The Morgan fingerprint density at radius 1 is 1.50 bits per heavy atom. The molecule has 2 rings (SSSR count). The minimum absolute atomic E-state index is 0.111. The van der Waals surface area contributed by atoms with E-state index in [4.69, 9.17) is 5.73 Å². The van der Waals surface area contributed by atoms with Crippen molar-refractivity contribution in [1.82, 2.24) is 4.90 Å². The number of halogens is 1. The largest absolute Gasteiger partial charge is 0.399 e. The summed E-state index contributed by atoms with van der Waals surface area (Å²) in [5, 5.41) is 0. The third-order valence-electron chi connectivity index (χ3n) is 3.44. The highest BCUT2D eigenvalue weighted by Gasteiger charge is 2.26. The van der Waals surface area contributed by atoms with Crippen molar-refractivity contribution in [2.24, 2.45) is 5.92 Å². The fourth-order valence-electron chi connectivity index (χ4n) is 2.58. The summed E-state index contributed by atoms with van der Waals surface area (Å²) in [5.41, 5.74) is 6.21. The fourth-order valence-corrected chi connectivity index (χ4v) is 2.58. The van der Waals surface area contributed by atoms with E-state index in [9.17, 15) is 9.18 Å². The Balaban J connectivity index is 2.08. The van der Waals surface area contributed by atoms with Crippen molar-refractivity contribution in [3.8, 4) is 0 Å². The third-order valence-corrected chi connectivity index (χ3v) is 3.44. The van der Waals surface area contributed by atoms with Crippen molar-refractivity contribution in [2.75, 3.05) is 18.8 Å². The van der Waals surface area contributed by atoms with Crippen molar-refractivity contribution in [2.45, 2.75) is 26.2 Å². The molecular formula is C14H19FN2O. The number of likely N-dealkylation sites (tertiary alicyclic amines) is 1. The molecule has 1 aromatic rings. The van der Waals surface area contributed by atoms with E-state index >= 15 is 0 Å². The number of carbonyl (C=O) groups excluding carboxylic acids is 1. The monoisotopic (exact) mass is 250 g/mol. The van der Waals surface area contributed by atoms with Gasteiger partial charge in [-0.2, -0.15) is 0 Å². The summed E-state index contributed by atoms with van der Waals surface area (Å²) in [4.78, 5) is 14.0. The van der Waals surface area contributed by atoms with Crippen LogP contribution < -0.4 is 5.73 Å². The van der Waals surface area contributed by atoms with Crippen LogP contribution in [0.15, 0.2) is 18.2 Å². The minimum Gasteiger partial charge on any atom is -0.399 e. The maximum Gasteiger partial charge on any atom is 0.254 e. The summed E-state index contributed by atoms with van der Waals surface area (Å²) in [6.07, 6.45) is 3.33. The van der Waals surface area contributed by atoms with E-state index in [1.807, 2.05) is 0 Å². The topological polar surface area (TPSA) is 46.3 Å². The second kappa shape index (κ2) is 5.38. The van der Waals surface area contributed by atoms with Gasteiger partial charge < -0.3 is 10.6 Å². The zero-order valence-electron chi connectivity index (χ0n) is 10.7. The standard InChI is InChI=1S/C14H19FN2O/c1-2-3-10-4-5-17(9-10)14(18)11-6-12(15)8-13(16)7-11/h6-8,10H,2-5,9,16H2,1H3. The van der Waals surface area contributed by atoms with Crippen molar-refractivity contribution in [3.05, 3.63) is 29.6 Å². The Bertz CT molecular complexity index is 427. The van der Waals surface area contributed by atoms with Crippen molar-refractivity contribution in [3.63, 3.8) is 0 Å². The molecule has 1 aliphatic rings. The molecule has 0 spiro atoms. The molecule has 3 nitrogen and oxygen atoms in total. The van der Waals surface area contributed by atoms with E-state index in [1.165, 1.54) is 12.1 Å². The SMILES string of the molecule is CCCC1CCN(C(=O)c2cc(N)cc(F)c2)C1. The van der Waals surface area contributed by atoms with Crippen LogP contribution >= 0.6 is 0 Å². The predicted molar refractivity (Wildman–Crippen MR) is 69.7 cm³/mol. The van der Waals surface area contributed by atoms with Crippen molar-refractivity contribution < 1.29 is 9.18 Å². The van der Waals surface area contributed by atoms with Gasteiger partial charge >= 0.3 is 0 Å². The summed E-state index contributed by atoms with van der Waals surface area (Å²) >= 11 is 0. The lowest BCUT2D eigenvalue weighted by Gasteiger charge is -2.16. The number of nitrogen functional groups attached to an aromatic ring is 1. The summed E-state index contributed by atoms with van der Waals surface area (Å²) in [6.45, 7) is 3.70. The van der Waals surface area contributed by atoms with Gasteiger partial charge in [-0.1, -0.05) is 13.3 Å². The highest BCUT2D eigenvalue weighted by atomic mass is 19.1. The number of hydrogen-bond acceptors (Lipinski definition) is 2. The van der Waals surface area contributed by atoms with Crippen LogP contribution in [-0.4, -0.2) is 23.9 Å². The highest BCUT2D eigenvalue weighted by Crippen LogP contribution is 2.23. The molecule has 0 aromatic heterocycles. The van der Waals surface area contributed by atoms with Gasteiger partial charge in [0, 0.05) is 24.3 Å². The van der Waals surface area contributed by atoms with E-state index in [2.05, 4.69) is 6.92 Å². The van der Waals surface area contributed by atoms with Gasteiger partial charge in [0.15, 0.2) is 0 Å². The van der Waals surface area contributed by atoms with Crippen LogP contribution in [-0.2, 0) is 0 Å². The summed E-state index contributed by atoms with van der Waals surface area (Å²) in [5.74, 6) is 0.0207. The Labute approximate surface area is 107 Å². The molecule has 2 N–H and O–H groups in total.